The number of aliphatic hydroxyl groups is 1. The Morgan fingerprint density at radius 3 is 2.57 bits per heavy atom. The Labute approximate surface area is 123 Å². The van der Waals surface area contributed by atoms with Gasteiger partial charge in [-0.2, -0.15) is 15.0 Å². The third kappa shape index (κ3) is 2.71. The number of para-hydroxylation sites is 1. The number of hydrogen-bond acceptors (Lipinski definition) is 3. The van der Waals surface area contributed by atoms with Gasteiger partial charge in [0.2, 0.25) is 0 Å². The van der Waals surface area contributed by atoms with E-state index in [-0.39, 0.29) is 0 Å². The van der Waals surface area contributed by atoms with Crippen LogP contribution in [-0.2, 0) is 0 Å². The number of benzene rings is 2. The molecule has 0 saturated carbocycles. The predicted molar refractivity (Wildman–Crippen MR) is 81.3 cm³/mol. The number of aromatic nitrogens is 3. The van der Waals surface area contributed by atoms with E-state index in [4.69, 9.17) is 0 Å². The molecule has 0 spiro atoms. The molecule has 0 saturated heterocycles. The van der Waals surface area contributed by atoms with Crippen molar-refractivity contribution in [2.45, 2.75) is 20.0 Å². The van der Waals surface area contributed by atoms with E-state index in [0.717, 1.165) is 22.4 Å². The van der Waals surface area contributed by atoms with Crippen LogP contribution in [0.15, 0.2) is 54.7 Å². The van der Waals surface area contributed by atoms with Crippen molar-refractivity contribution < 1.29 is 5.11 Å². The van der Waals surface area contributed by atoms with Gasteiger partial charge in [-0.3, -0.25) is 0 Å². The summed E-state index contributed by atoms with van der Waals surface area (Å²) in [5.41, 5.74) is 4.45. The number of aliphatic hydroxyl groups excluding tert-OH is 1. The highest BCUT2D eigenvalue weighted by Gasteiger charge is 2.17. The largest absolute Gasteiger partial charge is 0.382 e. The zero-order chi connectivity index (χ0) is 14.8. The fourth-order valence-electron chi connectivity index (χ4n) is 2.30. The lowest BCUT2D eigenvalue weighted by molar-refractivity contribution is 0.214. The smallest absolute Gasteiger partial charge is 0.125 e. The van der Waals surface area contributed by atoms with E-state index in [9.17, 15) is 5.11 Å². The molecule has 21 heavy (non-hydrogen) atoms. The van der Waals surface area contributed by atoms with E-state index < -0.39 is 6.10 Å². The zero-order valence-electron chi connectivity index (χ0n) is 12.1. The van der Waals surface area contributed by atoms with Gasteiger partial charge < -0.3 is 5.11 Å². The molecule has 0 bridgehead atoms. The summed E-state index contributed by atoms with van der Waals surface area (Å²) in [5.74, 6) is 0. The van der Waals surface area contributed by atoms with Gasteiger partial charge >= 0.3 is 0 Å². The molecule has 2 aromatic carbocycles. The lowest BCUT2D eigenvalue weighted by atomic mass is 9.99. The van der Waals surface area contributed by atoms with Gasteiger partial charge in [0.15, 0.2) is 0 Å². The molecule has 0 aliphatic heterocycles. The Hall–Kier alpha value is -2.46. The second-order valence-electron chi connectivity index (χ2n) is 5.16. The van der Waals surface area contributed by atoms with Crippen LogP contribution in [0.2, 0.25) is 0 Å². The fraction of sp³-hybridized carbons (Fsp3) is 0.176. The summed E-state index contributed by atoms with van der Waals surface area (Å²) in [6.07, 6.45) is 0.849. The van der Waals surface area contributed by atoms with E-state index in [1.807, 2.05) is 62.4 Å². The van der Waals surface area contributed by atoms with E-state index in [1.165, 1.54) is 4.80 Å². The lowest BCUT2D eigenvalue weighted by Crippen LogP contribution is -2.05. The fourth-order valence-corrected chi connectivity index (χ4v) is 2.30. The first-order valence-electron chi connectivity index (χ1n) is 6.88. The third-order valence-electron chi connectivity index (χ3n) is 3.51. The molecule has 1 N–H and O–H groups in total. The molecule has 0 aliphatic rings. The van der Waals surface area contributed by atoms with Crippen LogP contribution in [0.5, 0.6) is 0 Å². The van der Waals surface area contributed by atoms with Gasteiger partial charge in [0.05, 0.1) is 11.9 Å². The first-order chi connectivity index (χ1) is 10.1. The first kappa shape index (κ1) is 13.5. The number of rotatable bonds is 3. The van der Waals surface area contributed by atoms with Gasteiger partial charge in [-0.15, -0.1) is 0 Å². The van der Waals surface area contributed by atoms with Crippen LogP contribution in [0.4, 0.5) is 0 Å². The van der Waals surface area contributed by atoms with Gasteiger partial charge in [0.1, 0.15) is 11.8 Å². The standard InChI is InChI=1S/C17H17N3O/c1-12-8-9-13(2)15(10-12)17(21)16-11-18-20(19-16)14-6-4-3-5-7-14/h3-11,17,21H,1-2H3. The van der Waals surface area contributed by atoms with Gasteiger partial charge in [-0.05, 0) is 37.1 Å². The molecule has 3 aromatic rings. The molecule has 3 rings (SSSR count). The molecule has 0 aliphatic carbocycles. The number of hydrogen-bond donors (Lipinski definition) is 1. The second-order valence-corrected chi connectivity index (χ2v) is 5.16. The van der Waals surface area contributed by atoms with E-state index in [2.05, 4.69) is 10.2 Å². The first-order valence-corrected chi connectivity index (χ1v) is 6.88. The summed E-state index contributed by atoms with van der Waals surface area (Å²) >= 11 is 0. The van der Waals surface area contributed by atoms with Crippen LogP contribution in [-0.4, -0.2) is 20.1 Å². The van der Waals surface area contributed by atoms with Crippen LogP contribution in [0.3, 0.4) is 0 Å². The summed E-state index contributed by atoms with van der Waals surface area (Å²) < 4.78 is 0. The van der Waals surface area contributed by atoms with Gasteiger partial charge in [-0.25, -0.2) is 0 Å². The SMILES string of the molecule is Cc1ccc(C)c(C(O)c2cnn(-c3ccccc3)n2)c1. The Morgan fingerprint density at radius 1 is 1.05 bits per heavy atom. The molecule has 1 unspecified atom stereocenters. The van der Waals surface area contributed by atoms with Crippen molar-refractivity contribution >= 4 is 0 Å². The minimum absolute atomic E-state index is 0.549. The van der Waals surface area contributed by atoms with Crippen LogP contribution in [0.1, 0.15) is 28.5 Å². The van der Waals surface area contributed by atoms with Gasteiger partial charge in [0.25, 0.3) is 0 Å². The summed E-state index contributed by atoms with van der Waals surface area (Å²) in [6, 6.07) is 15.7. The van der Waals surface area contributed by atoms with Crippen molar-refractivity contribution in [2.24, 2.45) is 0 Å². The molecular formula is C17H17N3O. The Kier molecular flexibility index (Phi) is 3.54. The topological polar surface area (TPSA) is 50.9 Å². The maximum absolute atomic E-state index is 10.5. The normalized spacial score (nSPS) is 12.3. The lowest BCUT2D eigenvalue weighted by Gasteiger charge is -2.12. The molecule has 1 aromatic heterocycles. The molecule has 1 atom stereocenters. The Bertz CT molecular complexity index is 750. The highest BCUT2D eigenvalue weighted by Crippen LogP contribution is 2.24. The highest BCUT2D eigenvalue weighted by atomic mass is 16.3. The molecule has 0 fully saturated rings. The minimum Gasteiger partial charge on any atom is -0.382 e. The van der Waals surface area contributed by atoms with Crippen molar-refractivity contribution in [1.82, 2.24) is 15.0 Å². The molecule has 4 nitrogen and oxygen atoms in total. The summed E-state index contributed by atoms with van der Waals surface area (Å²) in [6.45, 7) is 4.00. The van der Waals surface area contributed by atoms with Gasteiger partial charge in [-0.1, -0.05) is 42.0 Å². The van der Waals surface area contributed by atoms with Crippen LogP contribution >= 0.6 is 0 Å². The van der Waals surface area contributed by atoms with Crippen molar-refractivity contribution in [3.05, 3.63) is 77.1 Å². The Morgan fingerprint density at radius 2 is 1.81 bits per heavy atom. The number of nitrogens with zero attached hydrogens (tertiary/aromatic N) is 3. The average molecular weight is 279 g/mol. The van der Waals surface area contributed by atoms with Crippen LogP contribution in [0.25, 0.3) is 5.69 Å². The maximum Gasteiger partial charge on any atom is 0.125 e. The molecular weight excluding hydrogens is 262 g/mol. The van der Waals surface area contributed by atoms with E-state index in [1.54, 1.807) is 6.20 Å². The highest BCUT2D eigenvalue weighted by molar-refractivity contribution is 5.36. The second kappa shape index (κ2) is 5.50. The van der Waals surface area contributed by atoms with E-state index >= 15 is 0 Å². The van der Waals surface area contributed by atoms with Crippen molar-refractivity contribution in [3.63, 3.8) is 0 Å². The third-order valence-corrected chi connectivity index (χ3v) is 3.51. The predicted octanol–water partition coefficient (Wildman–Crippen LogP) is 2.97. The summed E-state index contributed by atoms with van der Waals surface area (Å²) in [4.78, 5) is 1.53. The molecule has 106 valence electrons. The van der Waals surface area contributed by atoms with Crippen LogP contribution < -0.4 is 0 Å². The van der Waals surface area contributed by atoms with Crippen LogP contribution in [0, 0.1) is 13.8 Å². The monoisotopic (exact) mass is 279 g/mol. The quantitative estimate of drug-likeness (QED) is 0.802. The van der Waals surface area contributed by atoms with Crippen molar-refractivity contribution in [1.29, 1.82) is 0 Å². The Balaban J connectivity index is 1.94. The molecule has 4 heteroatoms. The average Bonchev–Trinajstić information content (AvgIpc) is 3.00. The van der Waals surface area contributed by atoms with Crippen molar-refractivity contribution in [2.75, 3.05) is 0 Å². The zero-order valence-corrected chi connectivity index (χ0v) is 12.1. The van der Waals surface area contributed by atoms with E-state index in [0.29, 0.717) is 5.69 Å². The maximum atomic E-state index is 10.5. The number of aryl methyl sites for hydroxylation is 2. The molecule has 1 heterocycles. The summed E-state index contributed by atoms with van der Waals surface area (Å²) in [7, 11) is 0. The molecule has 0 radical (unpaired) electrons. The minimum atomic E-state index is -0.762. The molecule has 0 amide bonds. The summed E-state index contributed by atoms with van der Waals surface area (Å²) in [5, 5.41) is 19.2. The van der Waals surface area contributed by atoms with Crippen molar-refractivity contribution in [3.8, 4) is 5.69 Å². The van der Waals surface area contributed by atoms with Gasteiger partial charge in [0, 0.05) is 0 Å².